The van der Waals surface area contributed by atoms with Crippen LogP contribution in [0.15, 0.2) is 23.1 Å². The van der Waals surface area contributed by atoms with E-state index in [-0.39, 0.29) is 0 Å². The Hall–Kier alpha value is -1.25. The van der Waals surface area contributed by atoms with E-state index in [0.29, 0.717) is 5.92 Å². The molecule has 58 valence electrons. The van der Waals surface area contributed by atoms with E-state index in [1.54, 1.807) is 17.0 Å². The summed E-state index contributed by atoms with van der Waals surface area (Å²) in [7, 11) is 0. The molecule has 2 rings (SSSR count). The van der Waals surface area contributed by atoms with Gasteiger partial charge in [-0.25, -0.2) is 4.52 Å². The highest BCUT2D eigenvalue weighted by molar-refractivity contribution is 5.44. The summed E-state index contributed by atoms with van der Waals surface area (Å²) >= 11 is 0. The van der Waals surface area contributed by atoms with Crippen LogP contribution >= 0.6 is 0 Å². The molecule has 0 N–H and O–H groups in total. The first kappa shape index (κ1) is 6.46. The summed E-state index contributed by atoms with van der Waals surface area (Å²) in [4.78, 5) is 0. The zero-order valence-corrected chi connectivity index (χ0v) is 6.61. The van der Waals surface area contributed by atoms with Crippen LogP contribution in [0.3, 0.4) is 0 Å². The monoisotopic (exact) mass is 150 g/mol. The van der Waals surface area contributed by atoms with E-state index >= 15 is 0 Å². The van der Waals surface area contributed by atoms with Gasteiger partial charge in [0.05, 0.1) is 12.4 Å². The number of oxazole rings is 1. The zero-order valence-electron chi connectivity index (χ0n) is 6.61. The molecular weight excluding hydrogens is 140 g/mol. The molecule has 0 radical (unpaired) electrons. The van der Waals surface area contributed by atoms with Crippen molar-refractivity contribution in [2.24, 2.45) is 0 Å². The van der Waals surface area contributed by atoms with Crippen molar-refractivity contribution in [1.29, 1.82) is 0 Å². The van der Waals surface area contributed by atoms with Crippen molar-refractivity contribution in [3.05, 3.63) is 24.2 Å². The van der Waals surface area contributed by atoms with Gasteiger partial charge in [-0.2, -0.15) is 5.10 Å². The Morgan fingerprint density at radius 3 is 3.09 bits per heavy atom. The Morgan fingerprint density at radius 2 is 2.36 bits per heavy atom. The van der Waals surface area contributed by atoms with Crippen molar-refractivity contribution in [3.63, 3.8) is 0 Å². The third-order valence-electron chi connectivity index (χ3n) is 1.78. The largest absolute Gasteiger partial charge is 0.445 e. The highest BCUT2D eigenvalue weighted by Crippen LogP contribution is 2.19. The summed E-state index contributed by atoms with van der Waals surface area (Å²) in [5.41, 5.74) is 2.02. The van der Waals surface area contributed by atoms with E-state index in [1.807, 2.05) is 6.20 Å². The molecule has 0 unspecified atom stereocenters. The second-order valence-electron chi connectivity index (χ2n) is 2.91. The van der Waals surface area contributed by atoms with Gasteiger partial charge in [-0.15, -0.1) is 0 Å². The van der Waals surface area contributed by atoms with Crippen molar-refractivity contribution >= 4 is 5.71 Å². The van der Waals surface area contributed by atoms with Gasteiger partial charge in [-0.1, -0.05) is 13.8 Å². The lowest BCUT2D eigenvalue weighted by atomic mass is 10.1. The first-order valence-corrected chi connectivity index (χ1v) is 3.70. The minimum absolute atomic E-state index is 0.471. The summed E-state index contributed by atoms with van der Waals surface area (Å²) in [5, 5.41) is 4.12. The lowest BCUT2D eigenvalue weighted by Gasteiger charge is -1.96. The van der Waals surface area contributed by atoms with Gasteiger partial charge in [0.25, 0.3) is 0 Å². The van der Waals surface area contributed by atoms with E-state index in [2.05, 4.69) is 18.9 Å². The predicted molar refractivity (Wildman–Crippen MR) is 41.5 cm³/mol. The van der Waals surface area contributed by atoms with Crippen LogP contribution in [0.25, 0.3) is 5.71 Å². The van der Waals surface area contributed by atoms with Gasteiger partial charge >= 0.3 is 0 Å². The number of nitrogens with zero attached hydrogens (tertiary/aromatic N) is 2. The van der Waals surface area contributed by atoms with E-state index < -0.39 is 0 Å². The Balaban J connectivity index is 2.68. The summed E-state index contributed by atoms with van der Waals surface area (Å²) in [6, 6.07) is 0. The average Bonchev–Trinajstić information content (AvgIpc) is 2.41. The standard InChI is InChI=1S/C8H10N2O/c1-6(2)7-5-9-10-3-4-11-8(7)10/h3-6H,1-2H3. The van der Waals surface area contributed by atoms with Crippen LogP contribution in [0.4, 0.5) is 0 Å². The lowest BCUT2D eigenvalue weighted by molar-refractivity contribution is 0.598. The minimum Gasteiger partial charge on any atom is -0.445 e. The molecule has 3 nitrogen and oxygen atoms in total. The molecule has 0 aliphatic heterocycles. The molecule has 0 aliphatic carbocycles. The first-order chi connectivity index (χ1) is 5.29. The van der Waals surface area contributed by atoms with Crippen molar-refractivity contribution < 1.29 is 4.42 Å². The van der Waals surface area contributed by atoms with Gasteiger partial charge in [-0.3, -0.25) is 0 Å². The molecule has 0 saturated heterocycles. The molecule has 0 bridgehead atoms. The molecule has 2 aromatic rings. The smallest absolute Gasteiger partial charge is 0.224 e. The van der Waals surface area contributed by atoms with Gasteiger partial charge in [0.15, 0.2) is 0 Å². The molecule has 2 aromatic heterocycles. The lowest BCUT2D eigenvalue weighted by Crippen LogP contribution is -1.83. The van der Waals surface area contributed by atoms with Crippen LogP contribution in [0.5, 0.6) is 0 Å². The molecule has 11 heavy (non-hydrogen) atoms. The normalized spacial score (nSPS) is 11.5. The van der Waals surface area contributed by atoms with E-state index in [9.17, 15) is 0 Å². The van der Waals surface area contributed by atoms with Crippen LogP contribution < -0.4 is 0 Å². The first-order valence-electron chi connectivity index (χ1n) is 3.70. The number of rotatable bonds is 1. The highest BCUT2D eigenvalue weighted by atomic mass is 16.3. The van der Waals surface area contributed by atoms with Crippen LogP contribution in [0.2, 0.25) is 0 Å². The molecule has 0 spiro atoms. The SMILES string of the molecule is CC(C)c1cnn2ccoc12. The van der Waals surface area contributed by atoms with E-state index in [0.717, 1.165) is 11.3 Å². The maximum atomic E-state index is 5.25. The second-order valence-corrected chi connectivity index (χ2v) is 2.91. The summed E-state index contributed by atoms with van der Waals surface area (Å²) in [5.74, 6) is 0.471. The minimum atomic E-state index is 0.471. The topological polar surface area (TPSA) is 30.4 Å². The van der Waals surface area contributed by atoms with Crippen LogP contribution in [-0.2, 0) is 0 Å². The zero-order chi connectivity index (χ0) is 7.84. The summed E-state index contributed by atoms with van der Waals surface area (Å²) in [6.45, 7) is 4.25. The number of aromatic nitrogens is 2. The molecule has 3 heteroatoms. The van der Waals surface area contributed by atoms with Crippen molar-refractivity contribution in [2.75, 3.05) is 0 Å². The third kappa shape index (κ3) is 0.843. The Bertz CT molecular complexity index is 359. The second kappa shape index (κ2) is 2.12. The van der Waals surface area contributed by atoms with Crippen LogP contribution in [0, 0.1) is 0 Å². The van der Waals surface area contributed by atoms with Crippen molar-refractivity contribution in [3.8, 4) is 0 Å². The number of fused-ring (bicyclic) bond motifs is 1. The maximum absolute atomic E-state index is 5.25. The van der Waals surface area contributed by atoms with Crippen LogP contribution in [0.1, 0.15) is 25.3 Å². The average molecular weight is 150 g/mol. The Morgan fingerprint density at radius 1 is 1.55 bits per heavy atom. The maximum Gasteiger partial charge on any atom is 0.224 e. The molecule has 0 atom stereocenters. The molecule has 2 heterocycles. The Kier molecular flexibility index (Phi) is 1.24. The van der Waals surface area contributed by atoms with Gasteiger partial charge in [0.1, 0.15) is 6.26 Å². The van der Waals surface area contributed by atoms with Crippen molar-refractivity contribution in [1.82, 2.24) is 9.61 Å². The third-order valence-corrected chi connectivity index (χ3v) is 1.78. The number of hydrogen-bond acceptors (Lipinski definition) is 2. The summed E-state index contributed by atoms with van der Waals surface area (Å²) in [6.07, 6.45) is 5.30. The summed E-state index contributed by atoms with van der Waals surface area (Å²) < 4.78 is 7.00. The molecule has 0 fully saturated rings. The molecule has 0 aliphatic rings. The van der Waals surface area contributed by atoms with Gasteiger partial charge in [0.2, 0.25) is 5.71 Å². The fourth-order valence-electron chi connectivity index (χ4n) is 1.14. The van der Waals surface area contributed by atoms with E-state index in [1.165, 1.54) is 0 Å². The fourth-order valence-corrected chi connectivity index (χ4v) is 1.14. The molecular formula is C8H10N2O. The number of hydrogen-bond donors (Lipinski definition) is 0. The molecule has 0 aromatic carbocycles. The van der Waals surface area contributed by atoms with Gasteiger partial charge < -0.3 is 4.42 Å². The van der Waals surface area contributed by atoms with Gasteiger partial charge in [-0.05, 0) is 5.92 Å². The quantitative estimate of drug-likeness (QED) is 0.622. The molecule has 0 amide bonds. The van der Waals surface area contributed by atoms with Crippen LogP contribution in [-0.4, -0.2) is 9.61 Å². The van der Waals surface area contributed by atoms with E-state index in [4.69, 9.17) is 4.42 Å². The molecule has 0 saturated carbocycles. The fraction of sp³-hybridized carbons (Fsp3) is 0.375. The van der Waals surface area contributed by atoms with Crippen molar-refractivity contribution in [2.45, 2.75) is 19.8 Å². The van der Waals surface area contributed by atoms with Gasteiger partial charge in [0, 0.05) is 5.56 Å². The Labute approximate surface area is 64.6 Å². The highest BCUT2D eigenvalue weighted by Gasteiger charge is 2.09. The predicted octanol–water partition coefficient (Wildman–Crippen LogP) is 2.05.